The highest BCUT2D eigenvalue weighted by atomic mass is 35.5. The number of ketones is 1. The van der Waals surface area contributed by atoms with Gasteiger partial charge < -0.3 is 4.74 Å². The molecule has 19 heavy (non-hydrogen) atoms. The zero-order valence-electron chi connectivity index (χ0n) is 10.7. The van der Waals surface area contributed by atoms with Gasteiger partial charge in [-0.25, -0.2) is 0 Å². The molecule has 0 fully saturated rings. The topological polar surface area (TPSA) is 26.3 Å². The first-order valence-corrected chi connectivity index (χ1v) is 6.61. The van der Waals surface area contributed by atoms with Crippen LogP contribution in [0.15, 0.2) is 48.5 Å². The minimum Gasteiger partial charge on any atom is -0.494 e. The molecule has 0 aromatic heterocycles. The molecule has 0 bridgehead atoms. The quantitative estimate of drug-likeness (QED) is 0.757. The molecule has 0 aliphatic carbocycles. The Morgan fingerprint density at radius 1 is 1.11 bits per heavy atom. The molecule has 0 unspecified atom stereocenters. The number of ether oxygens (including phenoxy) is 1. The lowest BCUT2D eigenvalue weighted by molar-refractivity contribution is 0.103. The molecule has 0 atom stereocenters. The molecule has 2 rings (SSSR count). The Kier molecular flexibility index (Phi) is 4.58. The van der Waals surface area contributed by atoms with Gasteiger partial charge in [0, 0.05) is 16.1 Å². The van der Waals surface area contributed by atoms with Gasteiger partial charge in [-0.3, -0.25) is 4.79 Å². The van der Waals surface area contributed by atoms with Crippen LogP contribution >= 0.6 is 11.6 Å². The van der Waals surface area contributed by atoms with Gasteiger partial charge in [-0.15, -0.1) is 0 Å². The van der Waals surface area contributed by atoms with Crippen molar-refractivity contribution in [3.05, 3.63) is 64.7 Å². The Hall–Kier alpha value is -1.80. The second-order valence-electron chi connectivity index (χ2n) is 4.21. The molecule has 0 aliphatic rings. The lowest BCUT2D eigenvalue weighted by atomic mass is 10.0. The average molecular weight is 275 g/mol. The number of carbonyl (C=O) groups excluding carboxylic acids is 1. The van der Waals surface area contributed by atoms with E-state index in [1.54, 1.807) is 36.4 Å². The summed E-state index contributed by atoms with van der Waals surface area (Å²) in [6, 6.07) is 14.1. The summed E-state index contributed by atoms with van der Waals surface area (Å²) >= 11 is 5.81. The predicted molar refractivity (Wildman–Crippen MR) is 77.1 cm³/mol. The summed E-state index contributed by atoms with van der Waals surface area (Å²) in [5, 5.41) is 0.622. The highest BCUT2D eigenvalue weighted by Crippen LogP contribution is 2.18. The van der Waals surface area contributed by atoms with Crippen LogP contribution in [-0.4, -0.2) is 12.4 Å². The maximum absolute atomic E-state index is 12.3. The molecule has 0 radical (unpaired) electrons. The van der Waals surface area contributed by atoms with Gasteiger partial charge >= 0.3 is 0 Å². The summed E-state index contributed by atoms with van der Waals surface area (Å²) < 4.78 is 5.53. The third-order valence-electron chi connectivity index (χ3n) is 2.68. The van der Waals surface area contributed by atoms with Gasteiger partial charge in [0.2, 0.25) is 0 Å². The van der Waals surface area contributed by atoms with Crippen molar-refractivity contribution >= 4 is 17.4 Å². The van der Waals surface area contributed by atoms with Gasteiger partial charge in [0.25, 0.3) is 0 Å². The minimum atomic E-state index is -0.0291. The van der Waals surface area contributed by atoms with Crippen molar-refractivity contribution in [1.82, 2.24) is 0 Å². The molecular weight excluding hydrogens is 260 g/mol. The van der Waals surface area contributed by atoms with Gasteiger partial charge in [0.1, 0.15) is 5.75 Å². The van der Waals surface area contributed by atoms with E-state index in [0.29, 0.717) is 22.8 Å². The first kappa shape index (κ1) is 13.6. The molecule has 2 nitrogen and oxygen atoms in total. The SMILES string of the molecule is CCCOc1cccc(C(=O)c2ccc(Cl)cc2)c1. The summed E-state index contributed by atoms with van der Waals surface area (Å²) in [5.41, 5.74) is 1.24. The maximum Gasteiger partial charge on any atom is 0.193 e. The summed E-state index contributed by atoms with van der Waals surface area (Å²) in [5.74, 6) is 0.695. The van der Waals surface area contributed by atoms with Gasteiger partial charge in [0.15, 0.2) is 5.78 Å². The van der Waals surface area contributed by atoms with Crippen molar-refractivity contribution < 1.29 is 9.53 Å². The molecule has 0 aliphatic heterocycles. The third-order valence-corrected chi connectivity index (χ3v) is 2.93. The fraction of sp³-hybridized carbons (Fsp3) is 0.188. The van der Waals surface area contributed by atoms with Gasteiger partial charge in [-0.1, -0.05) is 30.7 Å². The van der Waals surface area contributed by atoms with Crippen LogP contribution in [0.3, 0.4) is 0 Å². The summed E-state index contributed by atoms with van der Waals surface area (Å²) in [6.07, 6.45) is 0.940. The molecule has 0 heterocycles. The smallest absolute Gasteiger partial charge is 0.193 e. The predicted octanol–water partition coefficient (Wildman–Crippen LogP) is 4.36. The zero-order valence-corrected chi connectivity index (χ0v) is 11.5. The third kappa shape index (κ3) is 3.58. The van der Waals surface area contributed by atoms with Crippen LogP contribution in [0.5, 0.6) is 5.75 Å². The number of benzene rings is 2. The Bertz CT molecular complexity index is 561. The van der Waals surface area contributed by atoms with Crippen LogP contribution in [-0.2, 0) is 0 Å². The van der Waals surface area contributed by atoms with Crippen LogP contribution in [0.4, 0.5) is 0 Å². The van der Waals surface area contributed by atoms with Crippen LogP contribution < -0.4 is 4.74 Å². The summed E-state index contributed by atoms with van der Waals surface area (Å²) in [6.45, 7) is 2.70. The van der Waals surface area contributed by atoms with Crippen molar-refractivity contribution in [1.29, 1.82) is 0 Å². The van der Waals surface area contributed by atoms with E-state index < -0.39 is 0 Å². The van der Waals surface area contributed by atoms with Crippen molar-refractivity contribution in [3.63, 3.8) is 0 Å². The fourth-order valence-electron chi connectivity index (χ4n) is 1.71. The van der Waals surface area contributed by atoms with Gasteiger partial charge in [-0.05, 0) is 42.8 Å². The van der Waals surface area contributed by atoms with E-state index in [1.807, 2.05) is 19.1 Å². The molecule has 98 valence electrons. The minimum absolute atomic E-state index is 0.0291. The fourth-order valence-corrected chi connectivity index (χ4v) is 1.84. The Morgan fingerprint density at radius 3 is 2.53 bits per heavy atom. The Morgan fingerprint density at radius 2 is 1.84 bits per heavy atom. The molecular formula is C16H15ClO2. The van der Waals surface area contributed by atoms with Crippen LogP contribution in [0.25, 0.3) is 0 Å². The van der Waals surface area contributed by atoms with E-state index in [4.69, 9.17) is 16.3 Å². The second-order valence-corrected chi connectivity index (χ2v) is 4.65. The number of carbonyl (C=O) groups is 1. The monoisotopic (exact) mass is 274 g/mol. The van der Waals surface area contributed by atoms with Crippen molar-refractivity contribution in [2.75, 3.05) is 6.61 Å². The second kappa shape index (κ2) is 6.39. The highest BCUT2D eigenvalue weighted by Gasteiger charge is 2.09. The maximum atomic E-state index is 12.3. The van der Waals surface area contributed by atoms with Crippen LogP contribution in [0, 0.1) is 0 Å². The first-order chi connectivity index (χ1) is 9.20. The van der Waals surface area contributed by atoms with Crippen LogP contribution in [0.1, 0.15) is 29.3 Å². The van der Waals surface area contributed by atoms with Crippen molar-refractivity contribution in [2.24, 2.45) is 0 Å². The average Bonchev–Trinajstić information content (AvgIpc) is 2.45. The molecule has 0 saturated heterocycles. The highest BCUT2D eigenvalue weighted by molar-refractivity contribution is 6.30. The molecule has 0 saturated carbocycles. The molecule has 0 N–H and O–H groups in total. The van der Waals surface area contributed by atoms with E-state index in [0.717, 1.165) is 12.2 Å². The van der Waals surface area contributed by atoms with Crippen molar-refractivity contribution in [3.8, 4) is 5.75 Å². The molecule has 0 spiro atoms. The molecule has 2 aromatic carbocycles. The normalized spacial score (nSPS) is 10.2. The van der Waals surface area contributed by atoms with Gasteiger partial charge in [0.05, 0.1) is 6.61 Å². The lowest BCUT2D eigenvalue weighted by Gasteiger charge is -2.06. The molecule has 3 heteroatoms. The summed E-state index contributed by atoms with van der Waals surface area (Å²) in [7, 11) is 0. The van der Waals surface area contributed by atoms with E-state index in [-0.39, 0.29) is 5.78 Å². The van der Waals surface area contributed by atoms with E-state index in [2.05, 4.69) is 0 Å². The number of rotatable bonds is 5. The lowest BCUT2D eigenvalue weighted by Crippen LogP contribution is -2.02. The summed E-state index contributed by atoms with van der Waals surface area (Å²) in [4.78, 5) is 12.3. The van der Waals surface area contributed by atoms with Gasteiger partial charge in [-0.2, -0.15) is 0 Å². The van der Waals surface area contributed by atoms with E-state index in [1.165, 1.54) is 0 Å². The number of halogens is 1. The number of hydrogen-bond acceptors (Lipinski definition) is 2. The number of hydrogen-bond donors (Lipinski definition) is 0. The Balaban J connectivity index is 2.21. The van der Waals surface area contributed by atoms with E-state index in [9.17, 15) is 4.79 Å². The van der Waals surface area contributed by atoms with Crippen molar-refractivity contribution in [2.45, 2.75) is 13.3 Å². The standard InChI is InChI=1S/C16H15ClO2/c1-2-10-19-15-5-3-4-13(11-15)16(18)12-6-8-14(17)9-7-12/h3-9,11H,2,10H2,1H3. The van der Waals surface area contributed by atoms with E-state index >= 15 is 0 Å². The van der Waals surface area contributed by atoms with Crippen LogP contribution in [0.2, 0.25) is 5.02 Å². The first-order valence-electron chi connectivity index (χ1n) is 6.24. The zero-order chi connectivity index (χ0) is 13.7. The molecule has 0 amide bonds. The Labute approximate surface area is 118 Å². The molecule has 2 aromatic rings. The largest absolute Gasteiger partial charge is 0.494 e.